The van der Waals surface area contributed by atoms with Crippen molar-refractivity contribution in [3.8, 4) is 0 Å². The van der Waals surface area contributed by atoms with E-state index in [0.29, 0.717) is 12.3 Å². The van der Waals surface area contributed by atoms with Crippen LogP contribution in [0.25, 0.3) is 0 Å². The largest absolute Gasteiger partial charge is 0.481 e. The maximum atomic E-state index is 12.5. The smallest absolute Gasteiger partial charge is 0.303 e. The molecule has 2 atom stereocenters. The maximum Gasteiger partial charge on any atom is 0.303 e. The molecule has 2 unspecified atom stereocenters. The minimum Gasteiger partial charge on any atom is -0.481 e. The van der Waals surface area contributed by atoms with Crippen LogP contribution in [-0.2, 0) is 9.59 Å². The highest BCUT2D eigenvalue weighted by Crippen LogP contribution is 2.23. The number of thioether (sulfide) groups is 1. The lowest BCUT2D eigenvalue weighted by Crippen LogP contribution is -2.47. The van der Waals surface area contributed by atoms with Crippen LogP contribution in [0.15, 0.2) is 29.2 Å². The van der Waals surface area contributed by atoms with Gasteiger partial charge < -0.3 is 10.4 Å². The summed E-state index contributed by atoms with van der Waals surface area (Å²) < 4.78 is 0. The van der Waals surface area contributed by atoms with Gasteiger partial charge in [-0.25, -0.2) is 0 Å². The van der Waals surface area contributed by atoms with Crippen LogP contribution < -0.4 is 5.32 Å². The zero-order valence-electron chi connectivity index (χ0n) is 14.3. The number of benzene rings is 1. The number of hydrogen-bond donors (Lipinski definition) is 2. The van der Waals surface area contributed by atoms with E-state index in [1.165, 1.54) is 4.90 Å². The Morgan fingerprint density at radius 3 is 2.71 bits per heavy atom. The van der Waals surface area contributed by atoms with Crippen molar-refractivity contribution in [1.82, 2.24) is 4.90 Å². The van der Waals surface area contributed by atoms with E-state index in [2.05, 4.69) is 10.2 Å². The summed E-state index contributed by atoms with van der Waals surface area (Å²) in [4.78, 5) is 26.6. The number of aliphatic carboxylic acids is 1. The Hall–Kier alpha value is -1.53. The predicted molar refractivity (Wildman–Crippen MR) is 97.5 cm³/mol. The van der Waals surface area contributed by atoms with Gasteiger partial charge in [-0.15, -0.1) is 11.8 Å². The third kappa shape index (κ3) is 5.53. The number of carbonyl (C=O) groups excluding carboxylic acids is 1. The SMILES string of the molecule is CSc1ccc(NC(=O)C(C)N2CCCC(CCC(=O)O)C2)cc1. The number of piperidine rings is 1. The molecule has 0 spiro atoms. The molecule has 1 saturated heterocycles. The van der Waals surface area contributed by atoms with Crippen molar-refractivity contribution in [3.63, 3.8) is 0 Å². The molecule has 1 aromatic carbocycles. The van der Waals surface area contributed by atoms with Gasteiger partial charge >= 0.3 is 5.97 Å². The van der Waals surface area contributed by atoms with E-state index in [-0.39, 0.29) is 18.4 Å². The van der Waals surface area contributed by atoms with Gasteiger partial charge in [0.15, 0.2) is 0 Å². The average Bonchev–Trinajstić information content (AvgIpc) is 2.60. The number of carbonyl (C=O) groups is 2. The number of nitrogens with zero attached hydrogens (tertiary/aromatic N) is 1. The summed E-state index contributed by atoms with van der Waals surface area (Å²) in [5, 5.41) is 11.8. The minimum atomic E-state index is -0.744. The lowest BCUT2D eigenvalue weighted by molar-refractivity contribution is -0.137. The highest BCUT2D eigenvalue weighted by molar-refractivity contribution is 7.98. The molecule has 0 bridgehead atoms. The van der Waals surface area contributed by atoms with Crippen LogP contribution in [0.1, 0.15) is 32.6 Å². The van der Waals surface area contributed by atoms with E-state index in [0.717, 1.165) is 31.6 Å². The molecule has 2 N–H and O–H groups in total. The van der Waals surface area contributed by atoms with Crippen LogP contribution in [0.4, 0.5) is 5.69 Å². The van der Waals surface area contributed by atoms with Gasteiger partial charge in [0, 0.05) is 23.5 Å². The molecule has 1 aliphatic heterocycles. The van der Waals surface area contributed by atoms with E-state index < -0.39 is 5.97 Å². The fourth-order valence-electron chi connectivity index (χ4n) is 3.10. The lowest BCUT2D eigenvalue weighted by Gasteiger charge is -2.36. The summed E-state index contributed by atoms with van der Waals surface area (Å²) in [6, 6.07) is 7.62. The predicted octanol–water partition coefficient (Wildman–Crippen LogP) is 3.31. The molecule has 24 heavy (non-hydrogen) atoms. The first-order chi connectivity index (χ1) is 11.5. The fourth-order valence-corrected chi connectivity index (χ4v) is 3.51. The lowest BCUT2D eigenvalue weighted by atomic mass is 9.92. The van der Waals surface area contributed by atoms with E-state index in [4.69, 9.17) is 5.11 Å². The molecule has 2 rings (SSSR count). The van der Waals surface area contributed by atoms with Crippen molar-refractivity contribution in [2.45, 2.75) is 43.5 Å². The molecule has 0 saturated carbocycles. The number of hydrogen-bond acceptors (Lipinski definition) is 4. The van der Waals surface area contributed by atoms with Gasteiger partial charge in [0.25, 0.3) is 0 Å². The van der Waals surface area contributed by atoms with Crippen LogP contribution in [0, 0.1) is 5.92 Å². The van der Waals surface area contributed by atoms with E-state index >= 15 is 0 Å². The van der Waals surface area contributed by atoms with Crippen LogP contribution in [0.3, 0.4) is 0 Å². The third-order valence-electron chi connectivity index (χ3n) is 4.60. The molecule has 1 aliphatic rings. The van der Waals surface area contributed by atoms with Gasteiger partial charge in [0.2, 0.25) is 5.91 Å². The summed E-state index contributed by atoms with van der Waals surface area (Å²) >= 11 is 1.67. The molecule has 1 aromatic rings. The van der Waals surface area contributed by atoms with Crippen molar-refractivity contribution < 1.29 is 14.7 Å². The number of rotatable bonds is 7. The molecule has 6 heteroatoms. The number of carboxylic acid groups (broad SMARTS) is 1. The molecular formula is C18H26N2O3S. The van der Waals surface area contributed by atoms with Crippen molar-refractivity contribution in [2.75, 3.05) is 24.7 Å². The molecule has 0 radical (unpaired) electrons. The van der Waals surface area contributed by atoms with Crippen LogP contribution in [-0.4, -0.2) is 47.3 Å². The van der Waals surface area contributed by atoms with Crippen molar-refractivity contribution >= 4 is 29.3 Å². The number of carboxylic acids is 1. The van der Waals surface area contributed by atoms with Crippen LogP contribution in [0.2, 0.25) is 0 Å². The molecule has 1 fully saturated rings. The van der Waals surface area contributed by atoms with Crippen LogP contribution >= 0.6 is 11.8 Å². The first-order valence-corrected chi connectivity index (χ1v) is 9.63. The summed E-state index contributed by atoms with van der Waals surface area (Å²) in [6.45, 7) is 3.61. The van der Waals surface area contributed by atoms with Gasteiger partial charge in [-0.2, -0.15) is 0 Å². The molecule has 5 nitrogen and oxygen atoms in total. The summed E-state index contributed by atoms with van der Waals surface area (Å²) in [6.07, 6.45) is 4.99. The van der Waals surface area contributed by atoms with E-state index in [9.17, 15) is 9.59 Å². The highest BCUT2D eigenvalue weighted by Gasteiger charge is 2.27. The highest BCUT2D eigenvalue weighted by atomic mass is 32.2. The summed E-state index contributed by atoms with van der Waals surface area (Å²) in [5.74, 6) is -0.386. The second kappa shape index (κ2) is 9.08. The number of likely N-dealkylation sites (tertiary alicyclic amines) is 1. The normalized spacial score (nSPS) is 19.7. The maximum absolute atomic E-state index is 12.5. The summed E-state index contributed by atoms with van der Waals surface area (Å²) in [7, 11) is 0. The minimum absolute atomic E-state index is 0.00853. The zero-order valence-corrected chi connectivity index (χ0v) is 15.1. The van der Waals surface area contributed by atoms with Crippen molar-refractivity contribution in [3.05, 3.63) is 24.3 Å². The second-order valence-corrected chi connectivity index (χ2v) is 7.21. The van der Waals surface area contributed by atoms with Gasteiger partial charge in [-0.3, -0.25) is 14.5 Å². The van der Waals surface area contributed by atoms with Crippen LogP contribution in [0.5, 0.6) is 0 Å². The fraction of sp³-hybridized carbons (Fsp3) is 0.556. The molecule has 0 aliphatic carbocycles. The quantitative estimate of drug-likeness (QED) is 0.738. The second-order valence-electron chi connectivity index (χ2n) is 6.33. The Morgan fingerprint density at radius 2 is 2.08 bits per heavy atom. The van der Waals surface area contributed by atoms with Crippen molar-refractivity contribution in [1.29, 1.82) is 0 Å². The van der Waals surface area contributed by atoms with Gasteiger partial charge in [0.05, 0.1) is 6.04 Å². The molecule has 132 valence electrons. The Balaban J connectivity index is 1.87. The third-order valence-corrected chi connectivity index (χ3v) is 5.35. The van der Waals surface area contributed by atoms with Gasteiger partial charge in [-0.05, 0) is 69.2 Å². The summed E-state index contributed by atoms with van der Waals surface area (Å²) in [5.41, 5.74) is 0.809. The molecular weight excluding hydrogens is 324 g/mol. The Labute approximate surface area is 147 Å². The topological polar surface area (TPSA) is 69.6 Å². The Kier molecular flexibility index (Phi) is 7.12. The van der Waals surface area contributed by atoms with Crippen molar-refractivity contribution in [2.24, 2.45) is 5.92 Å². The molecule has 1 heterocycles. The zero-order chi connectivity index (χ0) is 17.5. The number of amides is 1. The van der Waals surface area contributed by atoms with E-state index in [1.807, 2.05) is 37.4 Å². The Morgan fingerprint density at radius 1 is 1.38 bits per heavy atom. The van der Waals surface area contributed by atoms with Gasteiger partial charge in [0.1, 0.15) is 0 Å². The standard InChI is InChI=1S/C18H26N2O3S/c1-13(18(23)19-15-6-8-16(24-2)9-7-15)20-11-3-4-14(12-20)5-10-17(21)22/h6-9,13-14H,3-5,10-12H2,1-2H3,(H,19,23)(H,21,22). The average molecular weight is 350 g/mol. The molecule has 0 aromatic heterocycles. The first-order valence-electron chi connectivity index (χ1n) is 8.40. The number of nitrogens with one attached hydrogen (secondary N) is 1. The number of anilines is 1. The van der Waals surface area contributed by atoms with Gasteiger partial charge in [-0.1, -0.05) is 0 Å². The van der Waals surface area contributed by atoms with E-state index in [1.54, 1.807) is 11.8 Å². The Bertz CT molecular complexity index is 562. The molecule has 1 amide bonds. The monoisotopic (exact) mass is 350 g/mol. The first kappa shape index (κ1) is 18.8.